The Hall–Kier alpha value is -1.53. The molecule has 0 spiro atoms. The number of rotatable bonds is 11. The fourth-order valence-corrected chi connectivity index (χ4v) is 4.21. The smallest absolute Gasteiger partial charge is 0.111 e. The molecule has 0 radical (unpaired) electrons. The van der Waals surface area contributed by atoms with Gasteiger partial charge in [0.05, 0.1) is 35.4 Å². The molecule has 146 valence electrons. The SMILES string of the molecule is Cc1ccc(S(=O)C[C@H](O)[C@H]2O[C@@H]2CCCCOCc2ccccc2)cc1. The first-order chi connectivity index (χ1) is 13.1. The lowest BCUT2D eigenvalue weighted by Crippen LogP contribution is -2.24. The number of epoxide rings is 1. The van der Waals surface area contributed by atoms with Crippen molar-refractivity contribution in [1.82, 2.24) is 0 Å². The van der Waals surface area contributed by atoms with Crippen molar-refractivity contribution in [3.63, 3.8) is 0 Å². The molecule has 3 rings (SSSR count). The summed E-state index contributed by atoms with van der Waals surface area (Å²) in [7, 11) is -1.20. The number of aliphatic hydroxyl groups excluding tert-OH is 1. The maximum Gasteiger partial charge on any atom is 0.111 e. The average Bonchev–Trinajstić information content (AvgIpc) is 3.45. The summed E-state index contributed by atoms with van der Waals surface area (Å²) < 4.78 is 23.6. The molecular weight excluding hydrogens is 360 g/mol. The Morgan fingerprint density at radius 3 is 2.59 bits per heavy atom. The van der Waals surface area contributed by atoms with Crippen LogP contribution in [0.25, 0.3) is 0 Å². The molecule has 1 fully saturated rings. The molecule has 4 atom stereocenters. The molecule has 2 aromatic carbocycles. The van der Waals surface area contributed by atoms with E-state index in [0.717, 1.165) is 36.3 Å². The lowest BCUT2D eigenvalue weighted by Gasteiger charge is -2.08. The van der Waals surface area contributed by atoms with Gasteiger partial charge in [-0.05, 0) is 43.9 Å². The molecule has 0 saturated carbocycles. The van der Waals surface area contributed by atoms with Crippen LogP contribution >= 0.6 is 0 Å². The maximum absolute atomic E-state index is 12.3. The number of hydrogen-bond acceptors (Lipinski definition) is 4. The monoisotopic (exact) mass is 388 g/mol. The highest BCUT2D eigenvalue weighted by molar-refractivity contribution is 7.85. The first-order valence-corrected chi connectivity index (χ1v) is 10.9. The van der Waals surface area contributed by atoms with E-state index in [-0.39, 0.29) is 18.0 Å². The molecule has 1 heterocycles. The highest BCUT2D eigenvalue weighted by Gasteiger charge is 2.44. The molecule has 1 saturated heterocycles. The Labute approximate surface area is 164 Å². The summed E-state index contributed by atoms with van der Waals surface area (Å²) in [5.74, 6) is 0.227. The van der Waals surface area contributed by atoms with Gasteiger partial charge in [-0.3, -0.25) is 4.21 Å². The van der Waals surface area contributed by atoms with Crippen molar-refractivity contribution in [2.45, 2.75) is 56.0 Å². The second kappa shape index (κ2) is 10.1. The zero-order valence-corrected chi connectivity index (χ0v) is 16.6. The second-order valence-corrected chi connectivity index (χ2v) is 8.56. The molecule has 1 aliphatic rings. The molecular formula is C22H28O4S. The van der Waals surface area contributed by atoms with E-state index in [0.29, 0.717) is 6.61 Å². The van der Waals surface area contributed by atoms with E-state index in [1.54, 1.807) is 0 Å². The van der Waals surface area contributed by atoms with Gasteiger partial charge < -0.3 is 14.6 Å². The average molecular weight is 389 g/mol. The predicted octanol–water partition coefficient (Wildman–Crippen LogP) is 3.62. The van der Waals surface area contributed by atoms with Gasteiger partial charge in [0, 0.05) is 11.5 Å². The molecule has 0 bridgehead atoms. The predicted molar refractivity (Wildman–Crippen MR) is 107 cm³/mol. The van der Waals surface area contributed by atoms with Crippen LogP contribution in [0, 0.1) is 6.92 Å². The van der Waals surface area contributed by atoms with Gasteiger partial charge in [0.15, 0.2) is 0 Å². The van der Waals surface area contributed by atoms with Gasteiger partial charge in [0.25, 0.3) is 0 Å². The van der Waals surface area contributed by atoms with Gasteiger partial charge in [-0.25, -0.2) is 0 Å². The maximum atomic E-state index is 12.3. The number of aliphatic hydroxyl groups is 1. The van der Waals surface area contributed by atoms with E-state index in [1.165, 1.54) is 5.56 Å². The third kappa shape index (κ3) is 6.54. The molecule has 0 aliphatic carbocycles. The van der Waals surface area contributed by atoms with Gasteiger partial charge in [0.1, 0.15) is 6.10 Å². The molecule has 5 heteroatoms. The Bertz CT molecular complexity index is 717. The summed E-state index contributed by atoms with van der Waals surface area (Å²) in [6.45, 7) is 3.37. The van der Waals surface area contributed by atoms with Gasteiger partial charge in [-0.1, -0.05) is 48.0 Å². The Balaban J connectivity index is 1.27. The van der Waals surface area contributed by atoms with E-state index in [2.05, 4.69) is 12.1 Å². The van der Waals surface area contributed by atoms with E-state index >= 15 is 0 Å². The molecule has 1 aliphatic heterocycles. The zero-order valence-electron chi connectivity index (χ0n) is 15.8. The lowest BCUT2D eigenvalue weighted by atomic mass is 10.1. The molecule has 27 heavy (non-hydrogen) atoms. The van der Waals surface area contributed by atoms with E-state index in [4.69, 9.17) is 9.47 Å². The van der Waals surface area contributed by atoms with E-state index in [1.807, 2.05) is 49.4 Å². The van der Waals surface area contributed by atoms with Crippen LogP contribution in [0.3, 0.4) is 0 Å². The van der Waals surface area contributed by atoms with Gasteiger partial charge in [-0.15, -0.1) is 0 Å². The van der Waals surface area contributed by atoms with Crippen molar-refractivity contribution >= 4 is 10.8 Å². The van der Waals surface area contributed by atoms with Crippen LogP contribution < -0.4 is 0 Å². The third-order valence-corrected chi connectivity index (χ3v) is 6.19. The minimum Gasteiger partial charge on any atom is -0.389 e. The Kier molecular flexibility index (Phi) is 7.59. The number of hydrogen-bond donors (Lipinski definition) is 1. The van der Waals surface area contributed by atoms with Crippen molar-refractivity contribution in [3.05, 3.63) is 65.7 Å². The van der Waals surface area contributed by atoms with Crippen LogP contribution in [0.1, 0.15) is 30.4 Å². The summed E-state index contributed by atoms with van der Waals surface area (Å²) >= 11 is 0. The molecule has 2 aromatic rings. The summed E-state index contributed by atoms with van der Waals surface area (Å²) in [5, 5.41) is 10.3. The summed E-state index contributed by atoms with van der Waals surface area (Å²) in [4.78, 5) is 0.757. The zero-order chi connectivity index (χ0) is 19.1. The largest absolute Gasteiger partial charge is 0.389 e. The molecule has 1 unspecified atom stereocenters. The molecule has 4 nitrogen and oxygen atoms in total. The first kappa shape index (κ1) is 20.2. The highest BCUT2D eigenvalue weighted by Crippen LogP contribution is 2.30. The van der Waals surface area contributed by atoms with Crippen LogP contribution in [0.15, 0.2) is 59.5 Å². The van der Waals surface area contributed by atoms with E-state index < -0.39 is 16.9 Å². The van der Waals surface area contributed by atoms with Crippen molar-refractivity contribution in [2.24, 2.45) is 0 Å². The van der Waals surface area contributed by atoms with Crippen molar-refractivity contribution in [3.8, 4) is 0 Å². The Morgan fingerprint density at radius 1 is 1.11 bits per heavy atom. The molecule has 0 aromatic heterocycles. The van der Waals surface area contributed by atoms with Crippen LogP contribution in [-0.2, 0) is 26.9 Å². The van der Waals surface area contributed by atoms with Crippen LogP contribution in [0.4, 0.5) is 0 Å². The van der Waals surface area contributed by atoms with Gasteiger partial charge >= 0.3 is 0 Å². The molecule has 1 N–H and O–H groups in total. The number of benzene rings is 2. The quantitative estimate of drug-likeness (QED) is 0.472. The van der Waals surface area contributed by atoms with Crippen LogP contribution in [0.5, 0.6) is 0 Å². The summed E-state index contributed by atoms with van der Waals surface area (Å²) in [6, 6.07) is 17.7. The Morgan fingerprint density at radius 2 is 1.85 bits per heavy atom. The number of unbranched alkanes of at least 4 members (excludes halogenated alkanes) is 1. The minimum absolute atomic E-state index is 0.0872. The summed E-state index contributed by atoms with van der Waals surface area (Å²) in [6.07, 6.45) is 2.13. The third-order valence-electron chi connectivity index (χ3n) is 4.75. The fraction of sp³-hybridized carbons (Fsp3) is 0.455. The fourth-order valence-electron chi connectivity index (χ4n) is 3.08. The van der Waals surface area contributed by atoms with Crippen LogP contribution in [0.2, 0.25) is 0 Å². The minimum atomic E-state index is -1.20. The number of ether oxygens (including phenoxy) is 2. The summed E-state index contributed by atoms with van der Waals surface area (Å²) in [5.41, 5.74) is 2.32. The highest BCUT2D eigenvalue weighted by atomic mass is 32.2. The normalized spacial score (nSPS) is 21.0. The van der Waals surface area contributed by atoms with Crippen molar-refractivity contribution in [1.29, 1.82) is 0 Å². The molecule has 0 amide bonds. The standard InChI is InChI=1S/C22H28O4S/c1-17-10-12-19(13-11-17)27(24)16-20(23)22-21(26-22)9-5-6-14-25-15-18-7-3-2-4-8-18/h2-4,7-8,10-13,20-23H,5-6,9,14-16H2,1H3/t20-,21+,22+,27?/m0/s1. The second-order valence-electron chi connectivity index (χ2n) is 7.07. The topological polar surface area (TPSA) is 59.1 Å². The van der Waals surface area contributed by atoms with Crippen molar-refractivity contribution < 1.29 is 18.8 Å². The van der Waals surface area contributed by atoms with Crippen molar-refractivity contribution in [2.75, 3.05) is 12.4 Å². The van der Waals surface area contributed by atoms with Crippen LogP contribution in [-0.4, -0.2) is 40.0 Å². The number of aryl methyl sites for hydroxylation is 1. The lowest BCUT2D eigenvalue weighted by molar-refractivity contribution is 0.116. The first-order valence-electron chi connectivity index (χ1n) is 9.54. The van der Waals surface area contributed by atoms with Gasteiger partial charge in [-0.2, -0.15) is 0 Å². The van der Waals surface area contributed by atoms with Gasteiger partial charge in [0.2, 0.25) is 0 Å². The van der Waals surface area contributed by atoms with E-state index in [9.17, 15) is 9.32 Å².